The largest absolute Gasteiger partial charge is 0.461 e. The molecule has 3 rings (SSSR count). The minimum absolute atomic E-state index is 0.0835. The normalized spacial score (nSPS) is 26.6. The van der Waals surface area contributed by atoms with Gasteiger partial charge in [-0.25, -0.2) is 9.59 Å². The Morgan fingerprint density at radius 3 is 2.52 bits per heavy atom. The molecule has 11 nitrogen and oxygen atoms in total. The van der Waals surface area contributed by atoms with Crippen molar-refractivity contribution < 1.29 is 44.2 Å². The van der Waals surface area contributed by atoms with E-state index in [4.69, 9.17) is 14.2 Å². The molecule has 2 heterocycles. The van der Waals surface area contributed by atoms with Crippen LogP contribution in [-0.2, 0) is 25.4 Å². The SMILES string of the molecule is CC(C)(C)OC(=O)N[C@H](Cc1c[nH]c2ccccc12)C(=O)OC[C@H]1O[C@@H](O)[C@H](O)[C@@H](O)[C@@H]1O. The van der Waals surface area contributed by atoms with Crippen molar-refractivity contribution in [1.82, 2.24) is 10.3 Å². The molecule has 182 valence electrons. The van der Waals surface area contributed by atoms with Crippen LogP contribution in [0.5, 0.6) is 0 Å². The zero-order valence-electron chi connectivity index (χ0n) is 18.6. The van der Waals surface area contributed by atoms with Crippen LogP contribution in [0.25, 0.3) is 10.9 Å². The molecular formula is C22H30N2O9. The Bertz CT molecular complexity index is 970. The smallest absolute Gasteiger partial charge is 0.408 e. The Labute approximate surface area is 190 Å². The van der Waals surface area contributed by atoms with Crippen molar-refractivity contribution in [1.29, 1.82) is 0 Å². The number of alkyl carbamates (subject to hydrolysis) is 1. The number of aromatic amines is 1. The molecule has 1 aliphatic heterocycles. The minimum Gasteiger partial charge on any atom is -0.461 e. The topological polar surface area (TPSA) is 171 Å². The van der Waals surface area contributed by atoms with Gasteiger partial charge in [-0.15, -0.1) is 0 Å². The Balaban J connectivity index is 1.72. The third kappa shape index (κ3) is 6.21. The van der Waals surface area contributed by atoms with Crippen LogP contribution in [0.15, 0.2) is 30.5 Å². The standard InChI is InChI=1S/C22H30N2O9/c1-22(2,3)33-21(30)24-14(8-11-9-23-13-7-5-4-6-12(11)13)19(28)31-10-15-16(25)17(26)18(27)20(29)32-15/h4-7,9,14-18,20,23,25-27,29H,8,10H2,1-3H3,(H,24,30)/t14-,15-,16-,17+,18-,20-/m1/s1. The molecule has 0 unspecified atom stereocenters. The van der Waals surface area contributed by atoms with Gasteiger partial charge in [0.05, 0.1) is 0 Å². The fourth-order valence-electron chi connectivity index (χ4n) is 3.50. The van der Waals surface area contributed by atoms with Crippen molar-refractivity contribution in [2.45, 2.75) is 69.5 Å². The summed E-state index contributed by atoms with van der Waals surface area (Å²) in [6, 6.07) is 6.32. The molecule has 0 aliphatic carbocycles. The first-order valence-electron chi connectivity index (χ1n) is 10.5. The lowest BCUT2D eigenvalue weighted by Gasteiger charge is -2.38. The van der Waals surface area contributed by atoms with Crippen LogP contribution in [0.3, 0.4) is 0 Å². The zero-order chi connectivity index (χ0) is 24.3. The van der Waals surface area contributed by atoms with E-state index in [0.29, 0.717) is 0 Å². The fourth-order valence-corrected chi connectivity index (χ4v) is 3.50. The van der Waals surface area contributed by atoms with Gasteiger partial charge in [0.2, 0.25) is 0 Å². The molecule has 1 fully saturated rings. The number of rotatable bonds is 6. The van der Waals surface area contributed by atoms with Crippen molar-refractivity contribution in [3.63, 3.8) is 0 Å². The number of aliphatic hydroxyl groups is 4. The van der Waals surface area contributed by atoms with Gasteiger partial charge in [0.15, 0.2) is 6.29 Å². The Kier molecular flexibility index (Phi) is 7.60. The number of benzene rings is 1. The number of esters is 1. The van der Waals surface area contributed by atoms with E-state index in [-0.39, 0.29) is 6.42 Å². The van der Waals surface area contributed by atoms with E-state index in [9.17, 15) is 30.0 Å². The monoisotopic (exact) mass is 466 g/mol. The molecule has 1 saturated heterocycles. The highest BCUT2D eigenvalue weighted by Gasteiger charge is 2.43. The molecule has 0 spiro atoms. The van der Waals surface area contributed by atoms with Crippen molar-refractivity contribution in [3.8, 4) is 0 Å². The highest BCUT2D eigenvalue weighted by molar-refractivity contribution is 5.86. The number of nitrogens with one attached hydrogen (secondary N) is 2. The first-order valence-corrected chi connectivity index (χ1v) is 10.5. The average molecular weight is 466 g/mol. The van der Waals surface area contributed by atoms with Gasteiger partial charge >= 0.3 is 12.1 Å². The minimum atomic E-state index is -1.76. The summed E-state index contributed by atoms with van der Waals surface area (Å²) in [5.41, 5.74) is 0.829. The second kappa shape index (κ2) is 10.1. The van der Waals surface area contributed by atoms with Gasteiger partial charge in [0.1, 0.15) is 42.7 Å². The van der Waals surface area contributed by atoms with Gasteiger partial charge in [-0.1, -0.05) is 18.2 Å². The number of carbonyl (C=O) groups is 2. The van der Waals surface area contributed by atoms with E-state index in [2.05, 4.69) is 10.3 Å². The van der Waals surface area contributed by atoms with Crippen LogP contribution in [0, 0.1) is 0 Å². The molecule has 0 radical (unpaired) electrons. The maximum atomic E-state index is 12.9. The predicted octanol–water partition coefficient (Wildman–Crippen LogP) is -0.0532. The van der Waals surface area contributed by atoms with E-state index < -0.39 is 61.0 Å². The number of H-pyrrole nitrogens is 1. The van der Waals surface area contributed by atoms with Crippen molar-refractivity contribution >= 4 is 23.0 Å². The lowest BCUT2D eigenvalue weighted by molar-refractivity contribution is -0.287. The van der Waals surface area contributed by atoms with Crippen LogP contribution in [-0.4, -0.2) is 86.4 Å². The molecule has 2 aromatic rings. The highest BCUT2D eigenvalue weighted by atomic mass is 16.7. The maximum Gasteiger partial charge on any atom is 0.408 e. The van der Waals surface area contributed by atoms with Crippen molar-refractivity contribution in [3.05, 3.63) is 36.0 Å². The molecule has 1 amide bonds. The summed E-state index contributed by atoms with van der Waals surface area (Å²) in [4.78, 5) is 28.3. The molecule has 1 aliphatic rings. The van der Waals surface area contributed by atoms with Crippen LogP contribution in [0.4, 0.5) is 4.79 Å². The zero-order valence-corrected chi connectivity index (χ0v) is 18.6. The molecule has 33 heavy (non-hydrogen) atoms. The number of ether oxygens (including phenoxy) is 3. The van der Waals surface area contributed by atoms with E-state index >= 15 is 0 Å². The van der Waals surface area contributed by atoms with Crippen molar-refractivity contribution in [2.75, 3.05) is 6.61 Å². The van der Waals surface area contributed by atoms with Gasteiger partial charge in [-0.2, -0.15) is 0 Å². The lowest BCUT2D eigenvalue weighted by atomic mass is 9.99. The van der Waals surface area contributed by atoms with Crippen LogP contribution < -0.4 is 5.32 Å². The quantitative estimate of drug-likeness (QED) is 0.319. The summed E-state index contributed by atoms with van der Waals surface area (Å²) in [7, 11) is 0. The lowest BCUT2D eigenvalue weighted by Crippen LogP contribution is -2.59. The van der Waals surface area contributed by atoms with Gasteiger partial charge in [-0.05, 0) is 32.4 Å². The first kappa shape index (κ1) is 24.9. The van der Waals surface area contributed by atoms with E-state index in [1.807, 2.05) is 24.3 Å². The van der Waals surface area contributed by atoms with Gasteiger partial charge in [0.25, 0.3) is 0 Å². The molecule has 6 N–H and O–H groups in total. The number of carbonyl (C=O) groups excluding carboxylic acids is 2. The third-order valence-corrected chi connectivity index (χ3v) is 5.15. The second-order valence-electron chi connectivity index (χ2n) is 8.93. The number of amides is 1. The van der Waals surface area contributed by atoms with Gasteiger partial charge < -0.3 is 44.9 Å². The molecule has 1 aromatic carbocycles. The van der Waals surface area contributed by atoms with Crippen LogP contribution in [0.2, 0.25) is 0 Å². The Hall–Kier alpha value is -2.70. The summed E-state index contributed by atoms with van der Waals surface area (Å²) >= 11 is 0. The van der Waals surface area contributed by atoms with E-state index in [1.54, 1.807) is 27.0 Å². The number of fused-ring (bicyclic) bond motifs is 1. The van der Waals surface area contributed by atoms with E-state index in [1.165, 1.54) is 0 Å². The Morgan fingerprint density at radius 2 is 1.82 bits per heavy atom. The van der Waals surface area contributed by atoms with Gasteiger partial charge in [-0.3, -0.25) is 0 Å². The molecule has 1 aromatic heterocycles. The summed E-state index contributed by atoms with van der Waals surface area (Å²) < 4.78 is 15.5. The maximum absolute atomic E-state index is 12.9. The van der Waals surface area contributed by atoms with Crippen LogP contribution in [0.1, 0.15) is 26.3 Å². The summed E-state index contributed by atoms with van der Waals surface area (Å²) in [5.74, 6) is -0.836. The summed E-state index contributed by atoms with van der Waals surface area (Å²) in [6.45, 7) is 4.53. The highest BCUT2D eigenvalue weighted by Crippen LogP contribution is 2.22. The molecular weight excluding hydrogens is 436 g/mol. The number of hydrogen-bond donors (Lipinski definition) is 6. The third-order valence-electron chi connectivity index (χ3n) is 5.15. The second-order valence-corrected chi connectivity index (χ2v) is 8.93. The van der Waals surface area contributed by atoms with Crippen LogP contribution >= 0.6 is 0 Å². The first-order chi connectivity index (χ1) is 15.5. The van der Waals surface area contributed by atoms with Crippen molar-refractivity contribution in [2.24, 2.45) is 0 Å². The predicted molar refractivity (Wildman–Crippen MR) is 115 cm³/mol. The fraction of sp³-hybridized carbons (Fsp3) is 0.545. The molecule has 6 atom stereocenters. The number of hydrogen-bond acceptors (Lipinski definition) is 9. The van der Waals surface area contributed by atoms with Gasteiger partial charge in [0, 0.05) is 23.5 Å². The molecule has 0 saturated carbocycles. The number of para-hydroxylation sites is 1. The Morgan fingerprint density at radius 1 is 1.12 bits per heavy atom. The number of aliphatic hydroxyl groups excluding tert-OH is 4. The molecule has 0 bridgehead atoms. The van der Waals surface area contributed by atoms with E-state index in [0.717, 1.165) is 16.5 Å². The average Bonchev–Trinajstić information content (AvgIpc) is 3.14. The summed E-state index contributed by atoms with van der Waals surface area (Å²) in [5, 5.41) is 42.4. The number of aromatic nitrogens is 1. The molecule has 11 heteroatoms. The summed E-state index contributed by atoms with van der Waals surface area (Å²) in [6.07, 6.45) is -7.01.